The molecule has 1 aromatic carbocycles. The Kier molecular flexibility index (Phi) is 4.68. The number of nitrogens with zero attached hydrogens (tertiary/aromatic N) is 1. The number of aryl methyl sites for hydroxylation is 1. The van der Waals surface area contributed by atoms with Gasteiger partial charge in [-0.15, -0.1) is 0 Å². The molecule has 20 heavy (non-hydrogen) atoms. The molecule has 1 aromatic heterocycles. The zero-order chi connectivity index (χ0) is 14.4. The molecule has 0 radical (unpaired) electrons. The van der Waals surface area contributed by atoms with Crippen LogP contribution in [0, 0.1) is 6.92 Å². The highest BCUT2D eigenvalue weighted by Crippen LogP contribution is 2.10. The average Bonchev–Trinajstić information content (AvgIpc) is 2.46. The van der Waals surface area contributed by atoms with Crippen LogP contribution in [0.4, 0.5) is 10.5 Å². The predicted molar refractivity (Wildman–Crippen MR) is 79.2 cm³/mol. The van der Waals surface area contributed by atoms with Gasteiger partial charge in [-0.1, -0.05) is 18.2 Å². The molecule has 0 fully saturated rings. The van der Waals surface area contributed by atoms with Crippen LogP contribution in [0.15, 0.2) is 42.6 Å². The van der Waals surface area contributed by atoms with Crippen molar-refractivity contribution in [3.63, 3.8) is 0 Å². The maximum Gasteiger partial charge on any atom is 0.319 e. The van der Waals surface area contributed by atoms with E-state index in [0.717, 1.165) is 22.5 Å². The molecule has 104 valence electrons. The van der Waals surface area contributed by atoms with Crippen molar-refractivity contribution >= 4 is 11.7 Å². The number of nitrogens with two attached hydrogens (primary N) is 1. The topological polar surface area (TPSA) is 80.0 Å². The highest BCUT2D eigenvalue weighted by atomic mass is 16.2. The summed E-state index contributed by atoms with van der Waals surface area (Å²) in [7, 11) is 0. The zero-order valence-corrected chi connectivity index (χ0v) is 11.4. The number of hydrogen-bond donors (Lipinski definition) is 3. The molecular weight excluding hydrogens is 252 g/mol. The monoisotopic (exact) mass is 270 g/mol. The van der Waals surface area contributed by atoms with E-state index in [2.05, 4.69) is 15.6 Å². The molecule has 5 nitrogen and oxygen atoms in total. The number of carbonyl (C=O) groups is 1. The predicted octanol–water partition coefficient (Wildman–Crippen LogP) is 2.17. The van der Waals surface area contributed by atoms with Crippen molar-refractivity contribution in [3.8, 4) is 0 Å². The molecule has 0 bridgehead atoms. The zero-order valence-electron chi connectivity index (χ0n) is 11.4. The van der Waals surface area contributed by atoms with E-state index in [1.165, 1.54) is 0 Å². The van der Waals surface area contributed by atoms with Gasteiger partial charge in [-0.05, 0) is 36.2 Å². The largest absolute Gasteiger partial charge is 0.332 e. The Morgan fingerprint density at radius 3 is 2.90 bits per heavy atom. The fraction of sp³-hybridized carbons (Fsp3) is 0.200. The van der Waals surface area contributed by atoms with Gasteiger partial charge in [-0.2, -0.15) is 0 Å². The number of urea groups is 1. The third kappa shape index (κ3) is 3.80. The third-order valence-corrected chi connectivity index (χ3v) is 2.95. The van der Waals surface area contributed by atoms with Gasteiger partial charge in [0.1, 0.15) is 0 Å². The normalized spacial score (nSPS) is 10.1. The third-order valence-electron chi connectivity index (χ3n) is 2.95. The van der Waals surface area contributed by atoms with E-state index in [4.69, 9.17) is 5.73 Å². The first-order valence-corrected chi connectivity index (χ1v) is 6.43. The Bertz CT molecular complexity index is 598. The molecule has 0 aliphatic heterocycles. The molecule has 2 amide bonds. The maximum absolute atomic E-state index is 11.8. The summed E-state index contributed by atoms with van der Waals surface area (Å²) in [6.45, 7) is 2.81. The number of hydrogen-bond acceptors (Lipinski definition) is 3. The highest BCUT2D eigenvalue weighted by molar-refractivity contribution is 5.89. The molecule has 0 aliphatic carbocycles. The lowest BCUT2D eigenvalue weighted by atomic mass is 10.2. The Balaban J connectivity index is 1.91. The second-order valence-electron chi connectivity index (χ2n) is 4.48. The number of rotatable bonds is 4. The van der Waals surface area contributed by atoms with Crippen LogP contribution in [-0.4, -0.2) is 11.0 Å². The van der Waals surface area contributed by atoms with E-state index < -0.39 is 0 Å². The SMILES string of the molecule is Cc1cccnc1CNC(=O)Nc1cccc(CN)c1. The first kappa shape index (κ1) is 14.0. The van der Waals surface area contributed by atoms with Gasteiger partial charge < -0.3 is 16.4 Å². The van der Waals surface area contributed by atoms with Gasteiger partial charge in [0.2, 0.25) is 0 Å². The van der Waals surface area contributed by atoms with Crippen molar-refractivity contribution in [2.24, 2.45) is 5.73 Å². The molecular formula is C15H18N4O. The lowest BCUT2D eigenvalue weighted by Gasteiger charge is -2.09. The lowest BCUT2D eigenvalue weighted by Crippen LogP contribution is -2.28. The van der Waals surface area contributed by atoms with Gasteiger partial charge in [0.25, 0.3) is 0 Å². The van der Waals surface area contributed by atoms with Crippen LogP contribution in [-0.2, 0) is 13.1 Å². The molecule has 0 atom stereocenters. The Morgan fingerprint density at radius 1 is 1.30 bits per heavy atom. The number of nitrogens with one attached hydrogen (secondary N) is 2. The maximum atomic E-state index is 11.8. The van der Waals surface area contributed by atoms with Gasteiger partial charge in [-0.3, -0.25) is 4.98 Å². The smallest absolute Gasteiger partial charge is 0.319 e. The standard InChI is InChI=1S/C15H18N4O/c1-11-4-3-7-17-14(11)10-18-15(20)19-13-6-2-5-12(8-13)9-16/h2-8H,9-10,16H2,1H3,(H2,18,19,20). The molecule has 0 saturated heterocycles. The number of pyridine rings is 1. The van der Waals surface area contributed by atoms with Crippen LogP contribution in [0.2, 0.25) is 0 Å². The van der Waals surface area contributed by atoms with Crippen LogP contribution in [0.25, 0.3) is 0 Å². The van der Waals surface area contributed by atoms with Gasteiger partial charge >= 0.3 is 6.03 Å². The molecule has 0 unspecified atom stereocenters. The lowest BCUT2D eigenvalue weighted by molar-refractivity contribution is 0.251. The van der Waals surface area contributed by atoms with E-state index >= 15 is 0 Å². The number of benzene rings is 1. The first-order chi connectivity index (χ1) is 9.69. The van der Waals surface area contributed by atoms with E-state index in [0.29, 0.717) is 13.1 Å². The van der Waals surface area contributed by atoms with Crippen LogP contribution in [0.3, 0.4) is 0 Å². The molecule has 0 aliphatic rings. The van der Waals surface area contributed by atoms with Crippen molar-refractivity contribution in [2.45, 2.75) is 20.0 Å². The molecule has 4 N–H and O–H groups in total. The molecule has 0 saturated carbocycles. The minimum Gasteiger partial charge on any atom is -0.332 e. The van der Waals surface area contributed by atoms with Crippen LogP contribution in [0.1, 0.15) is 16.8 Å². The molecule has 2 aromatic rings. The van der Waals surface area contributed by atoms with Crippen molar-refractivity contribution in [1.29, 1.82) is 0 Å². The number of aromatic nitrogens is 1. The van der Waals surface area contributed by atoms with Crippen LogP contribution < -0.4 is 16.4 Å². The summed E-state index contributed by atoms with van der Waals surface area (Å²) in [5.74, 6) is 0. The van der Waals surface area contributed by atoms with E-state index in [1.807, 2.05) is 43.3 Å². The summed E-state index contributed by atoms with van der Waals surface area (Å²) in [6, 6.07) is 11.0. The Morgan fingerprint density at radius 2 is 2.15 bits per heavy atom. The van der Waals surface area contributed by atoms with E-state index in [1.54, 1.807) is 6.20 Å². The van der Waals surface area contributed by atoms with Crippen molar-refractivity contribution < 1.29 is 4.79 Å². The second-order valence-corrected chi connectivity index (χ2v) is 4.48. The van der Waals surface area contributed by atoms with E-state index in [9.17, 15) is 4.79 Å². The number of carbonyl (C=O) groups excluding carboxylic acids is 1. The number of anilines is 1. The molecule has 1 heterocycles. The summed E-state index contributed by atoms with van der Waals surface area (Å²) >= 11 is 0. The van der Waals surface area contributed by atoms with Crippen LogP contribution in [0.5, 0.6) is 0 Å². The van der Waals surface area contributed by atoms with Gasteiger partial charge in [-0.25, -0.2) is 4.79 Å². The quantitative estimate of drug-likeness (QED) is 0.796. The molecule has 0 spiro atoms. The average molecular weight is 270 g/mol. The second kappa shape index (κ2) is 6.68. The van der Waals surface area contributed by atoms with Crippen molar-refractivity contribution in [3.05, 3.63) is 59.4 Å². The van der Waals surface area contributed by atoms with E-state index in [-0.39, 0.29) is 6.03 Å². The fourth-order valence-electron chi connectivity index (χ4n) is 1.82. The molecule has 5 heteroatoms. The first-order valence-electron chi connectivity index (χ1n) is 6.43. The molecule has 2 rings (SSSR count). The summed E-state index contributed by atoms with van der Waals surface area (Å²) in [5, 5.41) is 5.55. The van der Waals surface area contributed by atoms with Gasteiger partial charge in [0, 0.05) is 18.4 Å². The van der Waals surface area contributed by atoms with Crippen molar-refractivity contribution in [2.75, 3.05) is 5.32 Å². The highest BCUT2D eigenvalue weighted by Gasteiger charge is 2.04. The summed E-state index contributed by atoms with van der Waals surface area (Å²) < 4.78 is 0. The van der Waals surface area contributed by atoms with Crippen molar-refractivity contribution in [1.82, 2.24) is 10.3 Å². The Hall–Kier alpha value is -2.40. The fourth-order valence-corrected chi connectivity index (χ4v) is 1.82. The van der Waals surface area contributed by atoms with Gasteiger partial charge in [0.05, 0.1) is 12.2 Å². The minimum atomic E-state index is -0.260. The minimum absolute atomic E-state index is 0.260. The number of amides is 2. The summed E-state index contributed by atoms with van der Waals surface area (Å²) in [4.78, 5) is 16.0. The van der Waals surface area contributed by atoms with Gasteiger partial charge in [0.15, 0.2) is 0 Å². The Labute approximate surface area is 118 Å². The summed E-state index contributed by atoms with van der Waals surface area (Å²) in [5.41, 5.74) is 9.18. The summed E-state index contributed by atoms with van der Waals surface area (Å²) in [6.07, 6.45) is 1.71. The van der Waals surface area contributed by atoms with Crippen LogP contribution >= 0.6 is 0 Å².